The van der Waals surface area contributed by atoms with E-state index >= 15 is 0 Å². The minimum Gasteiger partial charge on any atom is -0.368 e. The lowest BCUT2D eigenvalue weighted by molar-refractivity contribution is 0.257. The Morgan fingerprint density at radius 2 is 2.22 bits per heavy atom. The van der Waals surface area contributed by atoms with Gasteiger partial charge in [-0.3, -0.25) is 0 Å². The Kier molecular flexibility index (Phi) is 3.83. The summed E-state index contributed by atoms with van der Waals surface area (Å²) in [5, 5.41) is 0. The van der Waals surface area contributed by atoms with Crippen LogP contribution in [-0.4, -0.2) is 48.1 Å². The number of nitrogens with zero attached hydrogens (tertiary/aromatic N) is 4. The molecule has 18 heavy (non-hydrogen) atoms. The zero-order valence-electron chi connectivity index (χ0n) is 10.9. The number of hydrogen-bond acceptors (Lipinski definition) is 7. The van der Waals surface area contributed by atoms with Gasteiger partial charge < -0.3 is 21.0 Å². The van der Waals surface area contributed by atoms with E-state index < -0.39 is 0 Å². The van der Waals surface area contributed by atoms with Gasteiger partial charge in [0.15, 0.2) is 0 Å². The van der Waals surface area contributed by atoms with Crippen molar-refractivity contribution in [3.8, 4) is 0 Å². The second-order valence-corrected chi connectivity index (χ2v) is 4.82. The summed E-state index contributed by atoms with van der Waals surface area (Å²) >= 11 is 0. The van der Waals surface area contributed by atoms with E-state index in [1.54, 1.807) is 0 Å². The maximum atomic E-state index is 5.68. The van der Waals surface area contributed by atoms with Crippen LogP contribution >= 0.6 is 0 Å². The molecule has 1 unspecified atom stereocenters. The fourth-order valence-corrected chi connectivity index (χ4v) is 2.27. The molecule has 1 aliphatic rings. The smallest absolute Gasteiger partial charge is 0.223 e. The maximum Gasteiger partial charge on any atom is 0.223 e. The van der Waals surface area contributed by atoms with Crippen LogP contribution < -0.4 is 21.9 Å². The first-order chi connectivity index (χ1) is 8.60. The molecule has 2 rings (SSSR count). The topological polar surface area (TPSA) is 96.3 Å². The first-order valence-electron chi connectivity index (χ1n) is 6.12. The highest BCUT2D eigenvalue weighted by Crippen LogP contribution is 2.22. The van der Waals surface area contributed by atoms with Crippen LogP contribution in [0.1, 0.15) is 12.8 Å². The molecule has 5 N–H and O–H groups in total. The molecule has 0 amide bonds. The minimum atomic E-state index is 0.243. The van der Waals surface area contributed by atoms with Crippen molar-refractivity contribution in [1.29, 1.82) is 0 Å². The molecule has 1 fully saturated rings. The van der Waals surface area contributed by atoms with Crippen molar-refractivity contribution in [2.75, 3.05) is 43.2 Å². The molecule has 0 bridgehead atoms. The lowest BCUT2D eigenvalue weighted by Crippen LogP contribution is -2.45. The van der Waals surface area contributed by atoms with Crippen LogP contribution in [0.5, 0.6) is 0 Å². The van der Waals surface area contributed by atoms with Gasteiger partial charge in [0, 0.05) is 25.2 Å². The van der Waals surface area contributed by atoms with Gasteiger partial charge in [0.05, 0.1) is 0 Å². The Hall–Kier alpha value is -1.60. The number of likely N-dealkylation sites (N-methyl/N-ethyl adjacent to an activating group) is 1. The first-order valence-corrected chi connectivity index (χ1v) is 6.12. The van der Waals surface area contributed by atoms with E-state index in [2.05, 4.69) is 39.3 Å². The number of nitrogen functional groups attached to an aromatic ring is 2. The van der Waals surface area contributed by atoms with Crippen LogP contribution in [-0.2, 0) is 0 Å². The number of anilines is 3. The highest BCUT2D eigenvalue weighted by Gasteiger charge is 2.22. The van der Waals surface area contributed by atoms with Crippen LogP contribution in [0, 0.1) is 0 Å². The molecule has 7 nitrogen and oxygen atoms in total. The molecule has 1 aromatic heterocycles. The van der Waals surface area contributed by atoms with Gasteiger partial charge in [-0.1, -0.05) is 0 Å². The quantitative estimate of drug-likeness (QED) is 0.509. The van der Waals surface area contributed by atoms with Gasteiger partial charge in [-0.25, -0.2) is 5.84 Å². The third-order valence-corrected chi connectivity index (χ3v) is 3.33. The number of aromatic nitrogens is 2. The second-order valence-electron chi connectivity index (χ2n) is 4.82. The molecule has 1 aliphatic heterocycles. The Labute approximate surface area is 107 Å². The number of piperidine rings is 1. The summed E-state index contributed by atoms with van der Waals surface area (Å²) in [6, 6.07) is 2.37. The zero-order chi connectivity index (χ0) is 13.1. The number of nitrogens with two attached hydrogens (primary N) is 2. The normalized spacial score (nSPS) is 20.2. The molecule has 2 heterocycles. The molecule has 0 aliphatic carbocycles. The van der Waals surface area contributed by atoms with Crippen molar-refractivity contribution >= 4 is 17.6 Å². The Morgan fingerprint density at radius 3 is 2.89 bits per heavy atom. The summed E-state index contributed by atoms with van der Waals surface area (Å²) in [7, 11) is 4.21. The van der Waals surface area contributed by atoms with Gasteiger partial charge >= 0.3 is 0 Å². The average molecular weight is 251 g/mol. The van der Waals surface area contributed by atoms with Gasteiger partial charge in [-0.15, -0.1) is 0 Å². The highest BCUT2D eigenvalue weighted by atomic mass is 15.3. The Balaban J connectivity index is 2.17. The van der Waals surface area contributed by atoms with Crippen molar-refractivity contribution in [2.45, 2.75) is 18.9 Å². The predicted octanol–water partition coefficient (Wildman–Crippen LogP) is -0.125. The van der Waals surface area contributed by atoms with E-state index in [-0.39, 0.29) is 5.95 Å². The molecule has 1 saturated heterocycles. The fraction of sp³-hybridized carbons (Fsp3) is 0.636. The van der Waals surface area contributed by atoms with E-state index in [9.17, 15) is 0 Å². The average Bonchev–Trinajstić information content (AvgIpc) is 2.38. The van der Waals surface area contributed by atoms with Gasteiger partial charge in [0.25, 0.3) is 0 Å². The number of hydrazine groups is 1. The molecular weight excluding hydrogens is 230 g/mol. The van der Waals surface area contributed by atoms with Crippen LogP contribution in [0.25, 0.3) is 0 Å². The highest BCUT2D eigenvalue weighted by molar-refractivity contribution is 5.52. The molecular formula is C11H21N7. The van der Waals surface area contributed by atoms with E-state index in [0.717, 1.165) is 25.3 Å². The lowest BCUT2D eigenvalue weighted by Gasteiger charge is -2.36. The summed E-state index contributed by atoms with van der Waals surface area (Å²) in [5.41, 5.74) is 8.19. The summed E-state index contributed by atoms with van der Waals surface area (Å²) in [6.45, 7) is 1.94. The van der Waals surface area contributed by atoms with Crippen molar-refractivity contribution in [3.05, 3.63) is 6.07 Å². The zero-order valence-corrected chi connectivity index (χ0v) is 10.9. The van der Waals surface area contributed by atoms with Crippen LogP contribution in [0.4, 0.5) is 17.6 Å². The largest absolute Gasteiger partial charge is 0.368 e. The lowest BCUT2D eigenvalue weighted by atomic mass is 10.1. The number of hydrogen-bond donors (Lipinski definition) is 3. The molecule has 1 aromatic rings. The van der Waals surface area contributed by atoms with Crippen molar-refractivity contribution in [2.24, 2.45) is 5.84 Å². The maximum absolute atomic E-state index is 5.68. The molecule has 1 atom stereocenters. The molecule has 0 radical (unpaired) electrons. The number of rotatable bonds is 3. The molecule has 0 aromatic carbocycles. The Bertz CT molecular complexity index is 406. The Morgan fingerprint density at radius 1 is 1.44 bits per heavy atom. The molecule has 0 spiro atoms. The summed E-state index contributed by atoms with van der Waals surface area (Å²) < 4.78 is 0. The monoisotopic (exact) mass is 251 g/mol. The van der Waals surface area contributed by atoms with Crippen molar-refractivity contribution in [1.82, 2.24) is 14.9 Å². The van der Waals surface area contributed by atoms with Crippen LogP contribution in [0.2, 0.25) is 0 Å². The standard InChI is InChI=1S/C11H21N7/c1-17(2)8-4-3-5-18(7-8)10-6-9(16-13)14-11(12)15-10/h6,8H,3-5,7,13H2,1-2H3,(H3,12,14,15,16). The first kappa shape index (κ1) is 12.8. The second kappa shape index (κ2) is 5.36. The van der Waals surface area contributed by atoms with Crippen molar-refractivity contribution < 1.29 is 0 Å². The van der Waals surface area contributed by atoms with Gasteiger partial charge in [-0.05, 0) is 26.9 Å². The molecule has 7 heteroatoms. The molecule has 100 valence electrons. The van der Waals surface area contributed by atoms with Gasteiger partial charge in [0.2, 0.25) is 5.95 Å². The van der Waals surface area contributed by atoms with E-state index in [0.29, 0.717) is 11.9 Å². The minimum absolute atomic E-state index is 0.243. The van der Waals surface area contributed by atoms with Crippen molar-refractivity contribution in [3.63, 3.8) is 0 Å². The summed E-state index contributed by atoms with van der Waals surface area (Å²) in [5.74, 6) is 6.99. The number of nitrogens with one attached hydrogen (secondary N) is 1. The van der Waals surface area contributed by atoms with E-state index in [1.165, 1.54) is 6.42 Å². The van der Waals surface area contributed by atoms with Crippen LogP contribution in [0.3, 0.4) is 0 Å². The predicted molar refractivity (Wildman–Crippen MR) is 73.2 cm³/mol. The summed E-state index contributed by atoms with van der Waals surface area (Å²) in [4.78, 5) is 12.8. The van der Waals surface area contributed by atoms with E-state index in [4.69, 9.17) is 11.6 Å². The van der Waals surface area contributed by atoms with Crippen LogP contribution in [0.15, 0.2) is 6.07 Å². The fourth-order valence-electron chi connectivity index (χ4n) is 2.27. The van der Waals surface area contributed by atoms with E-state index in [1.807, 2.05) is 6.07 Å². The van der Waals surface area contributed by atoms with Gasteiger partial charge in [-0.2, -0.15) is 9.97 Å². The third-order valence-electron chi connectivity index (χ3n) is 3.33. The summed E-state index contributed by atoms with van der Waals surface area (Å²) in [6.07, 6.45) is 2.37. The SMILES string of the molecule is CN(C)C1CCCN(c2cc(NN)nc(N)n2)C1. The third kappa shape index (κ3) is 2.80. The van der Waals surface area contributed by atoms with Gasteiger partial charge in [0.1, 0.15) is 11.6 Å². The molecule has 0 saturated carbocycles.